The number of hydrogen-bond acceptors (Lipinski definition) is 5. The Hall–Kier alpha value is -3.15. The zero-order chi connectivity index (χ0) is 16.0. The number of aromatic nitrogens is 4. The van der Waals surface area contributed by atoms with Crippen LogP contribution in [0.25, 0.3) is 28.2 Å². The molecule has 0 aliphatic carbocycles. The van der Waals surface area contributed by atoms with Gasteiger partial charge in [0.05, 0.1) is 35.0 Å². The fraction of sp³-hybridized carbons (Fsp3) is 0.118. The van der Waals surface area contributed by atoms with Crippen LogP contribution in [-0.2, 0) is 0 Å². The Kier molecular flexibility index (Phi) is 2.90. The standard InChI is InChI=1S/C17H14N4O2/c1-10-17(11(2)23-20-10)14-9-21-15(7-19-16(21)8-18-14)12-3-5-13(22)6-4-12/h3-9,22H,1-2H3. The maximum Gasteiger partial charge on any atom is 0.155 e. The van der Waals surface area contributed by atoms with Crippen LogP contribution in [0.3, 0.4) is 0 Å². The molecule has 6 heteroatoms. The lowest BCUT2D eigenvalue weighted by atomic mass is 10.1. The van der Waals surface area contributed by atoms with Crippen molar-refractivity contribution in [3.05, 3.63) is 54.3 Å². The first kappa shape index (κ1) is 13.5. The molecule has 0 radical (unpaired) electrons. The fourth-order valence-corrected chi connectivity index (χ4v) is 2.71. The molecule has 0 aliphatic rings. The first-order valence-corrected chi connectivity index (χ1v) is 7.19. The van der Waals surface area contributed by atoms with E-state index < -0.39 is 0 Å². The smallest absolute Gasteiger partial charge is 0.155 e. The summed E-state index contributed by atoms with van der Waals surface area (Å²) in [5.41, 5.74) is 5.13. The van der Waals surface area contributed by atoms with E-state index in [9.17, 15) is 5.11 Å². The predicted molar refractivity (Wildman–Crippen MR) is 85.1 cm³/mol. The Morgan fingerprint density at radius 1 is 1.04 bits per heavy atom. The predicted octanol–water partition coefficient (Wildman–Crippen LogP) is 3.37. The molecule has 0 aliphatic heterocycles. The molecule has 0 atom stereocenters. The van der Waals surface area contributed by atoms with Crippen molar-refractivity contribution >= 4 is 5.65 Å². The number of rotatable bonds is 2. The van der Waals surface area contributed by atoms with E-state index >= 15 is 0 Å². The molecule has 114 valence electrons. The van der Waals surface area contributed by atoms with Crippen LogP contribution in [0.4, 0.5) is 0 Å². The first-order chi connectivity index (χ1) is 11.1. The summed E-state index contributed by atoms with van der Waals surface area (Å²) >= 11 is 0. The van der Waals surface area contributed by atoms with Crippen molar-refractivity contribution in [2.45, 2.75) is 13.8 Å². The van der Waals surface area contributed by atoms with Crippen molar-refractivity contribution in [2.75, 3.05) is 0 Å². The van der Waals surface area contributed by atoms with Crippen LogP contribution in [0.5, 0.6) is 5.75 Å². The van der Waals surface area contributed by atoms with Gasteiger partial charge in [0, 0.05) is 11.8 Å². The zero-order valence-electron chi connectivity index (χ0n) is 12.7. The third-order valence-electron chi connectivity index (χ3n) is 3.85. The van der Waals surface area contributed by atoms with E-state index in [1.807, 2.05) is 36.6 Å². The monoisotopic (exact) mass is 306 g/mol. The molecule has 4 rings (SSSR count). The summed E-state index contributed by atoms with van der Waals surface area (Å²) in [6.07, 6.45) is 5.45. The number of hydrogen-bond donors (Lipinski definition) is 1. The van der Waals surface area contributed by atoms with Gasteiger partial charge in [0.2, 0.25) is 0 Å². The minimum Gasteiger partial charge on any atom is -0.508 e. The molecule has 0 spiro atoms. The molecule has 0 saturated heterocycles. The summed E-state index contributed by atoms with van der Waals surface area (Å²) in [4.78, 5) is 8.85. The molecule has 0 unspecified atom stereocenters. The molecule has 3 heterocycles. The molecule has 3 aromatic heterocycles. The van der Waals surface area contributed by atoms with E-state index in [0.717, 1.165) is 39.6 Å². The molecule has 0 saturated carbocycles. The molecule has 0 fully saturated rings. The highest BCUT2D eigenvalue weighted by Crippen LogP contribution is 2.28. The van der Waals surface area contributed by atoms with Crippen LogP contribution in [0, 0.1) is 13.8 Å². The Morgan fingerprint density at radius 3 is 2.52 bits per heavy atom. The van der Waals surface area contributed by atoms with E-state index in [1.54, 1.807) is 24.5 Å². The number of nitrogens with zero attached hydrogens (tertiary/aromatic N) is 4. The van der Waals surface area contributed by atoms with Gasteiger partial charge in [0.1, 0.15) is 11.5 Å². The van der Waals surface area contributed by atoms with Gasteiger partial charge in [-0.2, -0.15) is 0 Å². The summed E-state index contributed by atoms with van der Waals surface area (Å²) in [6, 6.07) is 7.03. The topological polar surface area (TPSA) is 76.5 Å². The Morgan fingerprint density at radius 2 is 1.83 bits per heavy atom. The maximum atomic E-state index is 9.45. The average molecular weight is 306 g/mol. The van der Waals surface area contributed by atoms with E-state index in [2.05, 4.69) is 15.1 Å². The number of benzene rings is 1. The highest BCUT2D eigenvalue weighted by Gasteiger charge is 2.15. The van der Waals surface area contributed by atoms with Gasteiger partial charge in [-0.3, -0.25) is 9.38 Å². The van der Waals surface area contributed by atoms with Crippen molar-refractivity contribution < 1.29 is 9.63 Å². The number of phenols is 1. The van der Waals surface area contributed by atoms with Crippen LogP contribution in [0.2, 0.25) is 0 Å². The highest BCUT2D eigenvalue weighted by atomic mass is 16.5. The molecule has 1 N–H and O–H groups in total. The van der Waals surface area contributed by atoms with Crippen molar-refractivity contribution in [3.63, 3.8) is 0 Å². The SMILES string of the molecule is Cc1noc(C)c1-c1cn2c(-c3ccc(O)cc3)cnc2cn1. The molecule has 6 nitrogen and oxygen atoms in total. The van der Waals surface area contributed by atoms with E-state index in [4.69, 9.17) is 4.52 Å². The summed E-state index contributed by atoms with van der Waals surface area (Å²) in [5, 5.41) is 13.4. The lowest BCUT2D eigenvalue weighted by molar-refractivity contribution is 0.393. The van der Waals surface area contributed by atoms with Crippen LogP contribution >= 0.6 is 0 Å². The van der Waals surface area contributed by atoms with Gasteiger partial charge in [-0.25, -0.2) is 4.98 Å². The second-order valence-corrected chi connectivity index (χ2v) is 5.39. The molecular formula is C17H14N4O2. The average Bonchev–Trinajstić information content (AvgIpc) is 3.11. The van der Waals surface area contributed by atoms with Crippen molar-refractivity contribution in [2.24, 2.45) is 0 Å². The van der Waals surface area contributed by atoms with E-state index in [1.165, 1.54) is 0 Å². The van der Waals surface area contributed by atoms with Crippen LogP contribution in [0.15, 0.2) is 47.4 Å². The Labute approximate surface area is 132 Å². The van der Waals surface area contributed by atoms with Crippen LogP contribution in [-0.4, -0.2) is 24.6 Å². The number of aromatic hydroxyl groups is 1. The van der Waals surface area contributed by atoms with Crippen molar-refractivity contribution in [3.8, 4) is 28.3 Å². The number of aryl methyl sites for hydroxylation is 2. The molecule has 4 aromatic rings. The number of imidazole rings is 1. The summed E-state index contributed by atoms with van der Waals surface area (Å²) in [7, 11) is 0. The maximum absolute atomic E-state index is 9.45. The Bertz CT molecular complexity index is 980. The van der Waals surface area contributed by atoms with Gasteiger partial charge in [0.15, 0.2) is 5.65 Å². The normalized spacial score (nSPS) is 11.2. The van der Waals surface area contributed by atoms with Crippen LogP contribution in [0.1, 0.15) is 11.5 Å². The van der Waals surface area contributed by atoms with Gasteiger partial charge in [-0.1, -0.05) is 5.16 Å². The quantitative estimate of drug-likeness (QED) is 0.614. The fourth-order valence-electron chi connectivity index (χ4n) is 2.71. The minimum atomic E-state index is 0.237. The molecule has 1 aromatic carbocycles. The number of phenolic OH excluding ortho intramolecular Hbond substituents is 1. The summed E-state index contributed by atoms with van der Waals surface area (Å²) < 4.78 is 7.20. The van der Waals surface area contributed by atoms with Crippen molar-refractivity contribution in [1.29, 1.82) is 0 Å². The minimum absolute atomic E-state index is 0.237. The lowest BCUT2D eigenvalue weighted by Crippen LogP contribution is -1.94. The Balaban J connectivity index is 1.91. The van der Waals surface area contributed by atoms with Gasteiger partial charge in [-0.05, 0) is 38.1 Å². The largest absolute Gasteiger partial charge is 0.508 e. The molecule has 0 amide bonds. The van der Waals surface area contributed by atoms with Crippen molar-refractivity contribution in [1.82, 2.24) is 19.5 Å². The van der Waals surface area contributed by atoms with Gasteiger partial charge >= 0.3 is 0 Å². The molecule has 23 heavy (non-hydrogen) atoms. The van der Waals surface area contributed by atoms with Crippen LogP contribution < -0.4 is 0 Å². The molecular weight excluding hydrogens is 292 g/mol. The van der Waals surface area contributed by atoms with Gasteiger partial charge < -0.3 is 9.63 Å². The highest BCUT2D eigenvalue weighted by molar-refractivity contribution is 5.68. The lowest BCUT2D eigenvalue weighted by Gasteiger charge is -2.05. The molecule has 0 bridgehead atoms. The third-order valence-corrected chi connectivity index (χ3v) is 3.85. The third kappa shape index (κ3) is 2.15. The summed E-state index contributed by atoms with van der Waals surface area (Å²) in [6.45, 7) is 3.77. The second kappa shape index (κ2) is 4.95. The van der Waals surface area contributed by atoms with E-state index in [-0.39, 0.29) is 5.75 Å². The summed E-state index contributed by atoms with van der Waals surface area (Å²) in [5.74, 6) is 0.973. The van der Waals surface area contributed by atoms with E-state index in [0.29, 0.717) is 0 Å². The van der Waals surface area contributed by atoms with Gasteiger partial charge in [0.25, 0.3) is 0 Å². The number of fused-ring (bicyclic) bond motifs is 1. The second-order valence-electron chi connectivity index (χ2n) is 5.39. The van der Waals surface area contributed by atoms with Gasteiger partial charge in [-0.15, -0.1) is 0 Å². The zero-order valence-corrected chi connectivity index (χ0v) is 12.7. The first-order valence-electron chi connectivity index (χ1n) is 7.19.